The predicted molar refractivity (Wildman–Crippen MR) is 163 cm³/mol. The summed E-state index contributed by atoms with van der Waals surface area (Å²) in [5.74, 6) is 2.12. The first kappa shape index (κ1) is 28.1. The maximum atomic E-state index is 12.1. The number of hydrogen-bond donors (Lipinski definition) is 2. The van der Waals surface area contributed by atoms with Crippen molar-refractivity contribution in [3.8, 4) is 0 Å². The number of aryl methyl sites for hydroxylation is 1. The summed E-state index contributed by atoms with van der Waals surface area (Å²) in [6.45, 7) is 11.9. The lowest BCUT2D eigenvalue weighted by molar-refractivity contribution is -0.142. The number of rotatable bonds is 9. The second-order valence-electron chi connectivity index (χ2n) is 12.0. The number of amides is 1. The predicted octanol–water partition coefficient (Wildman–Crippen LogP) is 6.00. The van der Waals surface area contributed by atoms with E-state index in [0.717, 1.165) is 98.4 Å². The minimum Gasteiger partial charge on any atom is -0.381 e. The van der Waals surface area contributed by atoms with Gasteiger partial charge in [0.05, 0.1) is 29.0 Å². The van der Waals surface area contributed by atoms with Crippen LogP contribution in [0.5, 0.6) is 0 Å². The number of ether oxygens (including phenoxy) is 1. The minimum absolute atomic E-state index is 0.199. The van der Waals surface area contributed by atoms with Gasteiger partial charge >= 0.3 is 0 Å². The molecule has 2 N–H and O–H groups in total. The molecule has 0 bridgehead atoms. The largest absolute Gasteiger partial charge is 0.381 e. The maximum absolute atomic E-state index is 12.1. The van der Waals surface area contributed by atoms with E-state index in [9.17, 15) is 4.79 Å². The van der Waals surface area contributed by atoms with Gasteiger partial charge in [0, 0.05) is 44.5 Å². The smallest absolute Gasteiger partial charge is 0.230 e. The molecule has 220 valence electrons. The molecular weight excluding hydrogens is 536 g/mol. The Labute approximate surface area is 246 Å². The average molecular weight is 579 g/mol. The molecule has 2 aliphatic heterocycles. The summed E-state index contributed by atoms with van der Waals surface area (Å²) in [6.07, 6.45) is 13.2. The maximum Gasteiger partial charge on any atom is 0.230 e. The van der Waals surface area contributed by atoms with Crippen LogP contribution in [-0.4, -0.2) is 66.3 Å². The topological polar surface area (TPSA) is 110 Å². The lowest BCUT2D eigenvalue weighted by Crippen LogP contribution is -2.57. The highest BCUT2D eigenvalue weighted by Gasteiger charge is 2.39. The van der Waals surface area contributed by atoms with E-state index in [0.29, 0.717) is 36.0 Å². The Morgan fingerprint density at radius 1 is 1.15 bits per heavy atom. The Morgan fingerprint density at radius 2 is 1.93 bits per heavy atom. The van der Waals surface area contributed by atoms with Crippen LogP contribution in [0.3, 0.4) is 0 Å². The van der Waals surface area contributed by atoms with Crippen molar-refractivity contribution in [2.45, 2.75) is 103 Å². The van der Waals surface area contributed by atoms with E-state index in [-0.39, 0.29) is 5.91 Å². The number of carbonyl (C=O) groups is 1. The van der Waals surface area contributed by atoms with Crippen LogP contribution in [0, 0.1) is 12.8 Å². The van der Waals surface area contributed by atoms with Gasteiger partial charge in [-0.3, -0.25) is 9.48 Å². The second kappa shape index (κ2) is 12.1. The molecule has 0 spiro atoms. The van der Waals surface area contributed by atoms with Gasteiger partial charge < -0.3 is 20.3 Å². The highest BCUT2D eigenvalue weighted by molar-refractivity contribution is 7.13. The number of aromatic nitrogens is 5. The molecule has 3 fully saturated rings. The van der Waals surface area contributed by atoms with Gasteiger partial charge in [0.25, 0.3) is 0 Å². The van der Waals surface area contributed by atoms with Crippen molar-refractivity contribution in [1.82, 2.24) is 29.0 Å². The van der Waals surface area contributed by atoms with Crippen LogP contribution in [-0.2, 0) is 9.53 Å². The summed E-state index contributed by atoms with van der Waals surface area (Å²) in [4.78, 5) is 24.8. The number of likely N-dealkylation sites (tertiary alicyclic amines) is 1. The van der Waals surface area contributed by atoms with Crippen LogP contribution in [0.4, 0.5) is 17.5 Å². The first-order chi connectivity index (χ1) is 19.9. The molecular formula is C30H42N8O2S. The Morgan fingerprint density at radius 3 is 2.66 bits per heavy atom. The number of fused-ring (bicyclic) bond motifs is 1. The van der Waals surface area contributed by atoms with Crippen molar-refractivity contribution in [3.05, 3.63) is 30.2 Å². The van der Waals surface area contributed by atoms with Crippen LogP contribution >= 0.6 is 11.5 Å². The summed E-state index contributed by atoms with van der Waals surface area (Å²) in [5.41, 5.74) is 3.14. The molecule has 3 aromatic heterocycles. The molecule has 1 aliphatic carbocycles. The third kappa shape index (κ3) is 5.97. The summed E-state index contributed by atoms with van der Waals surface area (Å²) in [6, 6.07) is 1.44. The normalized spacial score (nSPS) is 25.2. The van der Waals surface area contributed by atoms with Gasteiger partial charge in [-0.05, 0) is 82.2 Å². The van der Waals surface area contributed by atoms with E-state index in [1.807, 2.05) is 24.0 Å². The quantitative estimate of drug-likeness (QED) is 0.298. The molecule has 5 heterocycles. The van der Waals surface area contributed by atoms with Crippen molar-refractivity contribution >= 4 is 45.1 Å². The van der Waals surface area contributed by atoms with Gasteiger partial charge in [-0.25, -0.2) is 0 Å². The first-order valence-corrected chi connectivity index (χ1v) is 15.9. The standard InChI is InChI=1S/C30H42N8O2S/c1-5-24-15-26(38(24)20(4)39)14-18(2)21-6-8-22(9-7-21)32-28-27-19(3)36-41-29(27)35-30(34-28)33-23-16-31-37(17-23)25-10-12-40-13-11-25/h16-17,21-22,24-26H,2,5-15H2,1,3-4H3,(H2,32,33,34,35)/t21-,22-,24?,26?. The zero-order chi connectivity index (χ0) is 28.5. The molecule has 2 atom stereocenters. The van der Waals surface area contributed by atoms with Crippen LogP contribution in [0.25, 0.3) is 10.2 Å². The van der Waals surface area contributed by atoms with E-state index in [1.54, 1.807) is 6.92 Å². The Bertz CT molecular complexity index is 1390. The molecule has 3 aliphatic rings. The van der Waals surface area contributed by atoms with E-state index in [4.69, 9.17) is 14.7 Å². The zero-order valence-corrected chi connectivity index (χ0v) is 25.3. The van der Waals surface area contributed by atoms with Gasteiger partial charge in [-0.2, -0.15) is 19.4 Å². The third-order valence-electron chi connectivity index (χ3n) is 9.24. The van der Waals surface area contributed by atoms with E-state index in [2.05, 4.69) is 38.5 Å². The Balaban J connectivity index is 1.08. The summed E-state index contributed by atoms with van der Waals surface area (Å²) >= 11 is 1.41. The molecule has 11 heteroatoms. The minimum atomic E-state index is 0.199. The fraction of sp³-hybridized carbons (Fsp3) is 0.633. The molecule has 0 aromatic carbocycles. The molecule has 2 saturated heterocycles. The van der Waals surface area contributed by atoms with Gasteiger partial charge in [-0.15, -0.1) is 0 Å². The fourth-order valence-electron chi connectivity index (χ4n) is 6.90. The molecule has 2 unspecified atom stereocenters. The van der Waals surface area contributed by atoms with Crippen molar-refractivity contribution in [2.24, 2.45) is 5.92 Å². The van der Waals surface area contributed by atoms with Crippen molar-refractivity contribution in [3.63, 3.8) is 0 Å². The lowest BCUT2D eigenvalue weighted by Gasteiger charge is -2.49. The van der Waals surface area contributed by atoms with Crippen molar-refractivity contribution in [2.75, 3.05) is 23.8 Å². The summed E-state index contributed by atoms with van der Waals surface area (Å²) in [7, 11) is 0. The number of hydrogen-bond acceptors (Lipinski definition) is 9. The molecule has 10 nitrogen and oxygen atoms in total. The van der Waals surface area contributed by atoms with Crippen LogP contribution < -0.4 is 10.6 Å². The summed E-state index contributed by atoms with van der Waals surface area (Å²) < 4.78 is 12.1. The zero-order valence-electron chi connectivity index (χ0n) is 24.4. The van der Waals surface area contributed by atoms with Gasteiger partial charge in [0.1, 0.15) is 5.82 Å². The molecule has 41 heavy (non-hydrogen) atoms. The highest BCUT2D eigenvalue weighted by atomic mass is 32.1. The van der Waals surface area contributed by atoms with Gasteiger partial charge in [-0.1, -0.05) is 19.1 Å². The second-order valence-corrected chi connectivity index (χ2v) is 12.7. The molecule has 3 aromatic rings. The number of carbonyl (C=O) groups excluding carboxylic acids is 1. The Hall–Kier alpha value is -3.05. The monoisotopic (exact) mass is 578 g/mol. The van der Waals surface area contributed by atoms with E-state index in [1.165, 1.54) is 17.1 Å². The van der Waals surface area contributed by atoms with Crippen LogP contribution in [0.15, 0.2) is 24.5 Å². The molecule has 6 rings (SSSR count). The fourth-order valence-corrected chi connectivity index (χ4v) is 7.68. The van der Waals surface area contributed by atoms with Gasteiger partial charge in [0.2, 0.25) is 11.9 Å². The number of nitrogens with one attached hydrogen (secondary N) is 2. The molecule has 1 amide bonds. The summed E-state index contributed by atoms with van der Waals surface area (Å²) in [5, 5.41) is 12.7. The third-order valence-corrected chi connectivity index (χ3v) is 10.1. The van der Waals surface area contributed by atoms with Gasteiger partial charge in [0.15, 0.2) is 4.83 Å². The number of anilines is 3. The van der Waals surface area contributed by atoms with Crippen molar-refractivity contribution in [1.29, 1.82) is 0 Å². The number of nitrogens with zero attached hydrogens (tertiary/aromatic N) is 6. The highest BCUT2D eigenvalue weighted by Crippen LogP contribution is 2.38. The van der Waals surface area contributed by atoms with E-state index < -0.39 is 0 Å². The van der Waals surface area contributed by atoms with E-state index >= 15 is 0 Å². The van der Waals surface area contributed by atoms with Crippen LogP contribution in [0.2, 0.25) is 0 Å². The van der Waals surface area contributed by atoms with Crippen molar-refractivity contribution < 1.29 is 9.53 Å². The first-order valence-electron chi connectivity index (χ1n) is 15.2. The molecule has 1 saturated carbocycles. The van der Waals surface area contributed by atoms with Crippen LogP contribution in [0.1, 0.15) is 83.4 Å². The Kier molecular flexibility index (Phi) is 8.26. The SMILES string of the molecule is C=C(CC1CC(CC)N1C(C)=O)[C@H]1CC[C@H](Nc2nc(Nc3cnn(C4CCOCC4)c3)nc3snc(C)c23)CC1. The average Bonchev–Trinajstić information content (AvgIpc) is 3.58. The molecule has 0 radical (unpaired) electrons. The lowest BCUT2D eigenvalue weighted by atomic mass is 9.77.